The molecule has 1 atom stereocenters. The molecule has 2 aromatic rings. The maximum Gasteiger partial charge on any atom is 0.241 e. The highest BCUT2D eigenvalue weighted by molar-refractivity contribution is 7.89. The minimum absolute atomic E-state index is 0.0705. The zero-order valence-corrected chi connectivity index (χ0v) is 16.4. The minimum atomic E-state index is -3.69. The Hall–Kier alpha value is -2.18. The highest BCUT2D eigenvalue weighted by Gasteiger charge is 2.34. The van der Waals surface area contributed by atoms with Gasteiger partial charge in [-0.2, -0.15) is 0 Å². The van der Waals surface area contributed by atoms with Gasteiger partial charge >= 0.3 is 0 Å². The van der Waals surface area contributed by atoms with Crippen molar-refractivity contribution in [1.82, 2.24) is 4.72 Å². The molecule has 6 heteroatoms. The fourth-order valence-electron chi connectivity index (χ4n) is 3.63. The topological polar surface area (TPSA) is 66.5 Å². The number of carbonyl (C=O) groups is 1. The van der Waals surface area contributed by atoms with Gasteiger partial charge in [-0.05, 0) is 51.0 Å². The number of hydrogen-bond acceptors (Lipinski definition) is 3. The smallest absolute Gasteiger partial charge is 0.241 e. The highest BCUT2D eigenvalue weighted by atomic mass is 32.2. The Morgan fingerprint density at radius 1 is 0.962 bits per heavy atom. The van der Waals surface area contributed by atoms with Crippen LogP contribution in [0.3, 0.4) is 0 Å². The van der Waals surface area contributed by atoms with Crippen molar-refractivity contribution in [3.63, 3.8) is 0 Å². The molecule has 1 aliphatic heterocycles. The predicted molar refractivity (Wildman–Crippen MR) is 103 cm³/mol. The van der Waals surface area contributed by atoms with Crippen molar-refractivity contribution >= 4 is 21.6 Å². The molecule has 138 valence electrons. The number of sulfonamides is 1. The molecule has 0 aliphatic carbocycles. The van der Waals surface area contributed by atoms with Crippen LogP contribution >= 0.6 is 0 Å². The summed E-state index contributed by atoms with van der Waals surface area (Å²) in [5.74, 6) is -0.0705. The maximum atomic E-state index is 12.9. The molecule has 0 aromatic heterocycles. The normalized spacial score (nSPS) is 17.8. The van der Waals surface area contributed by atoms with Gasteiger partial charge in [-0.1, -0.05) is 35.4 Å². The highest BCUT2D eigenvalue weighted by Crippen LogP contribution is 2.25. The van der Waals surface area contributed by atoms with Gasteiger partial charge < -0.3 is 4.90 Å². The van der Waals surface area contributed by atoms with Gasteiger partial charge in [0.2, 0.25) is 15.9 Å². The summed E-state index contributed by atoms with van der Waals surface area (Å²) in [6.45, 7) is 7.86. The fourth-order valence-corrected chi connectivity index (χ4v) is 5.31. The maximum absolute atomic E-state index is 12.9. The summed E-state index contributed by atoms with van der Waals surface area (Å²) in [5.41, 5.74) is 4.37. The molecule has 1 saturated heterocycles. The lowest BCUT2D eigenvalue weighted by molar-refractivity contribution is -0.117. The number of carbonyl (C=O) groups excluding carboxylic acids is 1. The molecule has 2 aromatic carbocycles. The molecule has 0 spiro atoms. The second kappa shape index (κ2) is 6.85. The average Bonchev–Trinajstić information content (AvgIpc) is 2.86. The van der Waals surface area contributed by atoms with E-state index in [2.05, 4.69) is 4.72 Å². The predicted octanol–water partition coefficient (Wildman–Crippen LogP) is 3.00. The zero-order valence-electron chi connectivity index (χ0n) is 15.5. The number of aryl methyl sites for hydroxylation is 4. The summed E-state index contributed by atoms with van der Waals surface area (Å²) >= 11 is 0. The molecule has 0 bridgehead atoms. The lowest BCUT2D eigenvalue weighted by atomic mass is 10.1. The van der Waals surface area contributed by atoms with Crippen LogP contribution in [0.15, 0.2) is 41.3 Å². The Balaban J connectivity index is 1.81. The molecule has 1 unspecified atom stereocenters. The first-order valence-corrected chi connectivity index (χ1v) is 10.1. The van der Waals surface area contributed by atoms with E-state index in [1.54, 1.807) is 18.7 Å². The third kappa shape index (κ3) is 3.66. The Labute approximate surface area is 155 Å². The van der Waals surface area contributed by atoms with Crippen molar-refractivity contribution in [2.45, 2.75) is 45.1 Å². The fraction of sp³-hybridized carbons (Fsp3) is 0.350. The van der Waals surface area contributed by atoms with Crippen LogP contribution in [0.25, 0.3) is 0 Å². The van der Waals surface area contributed by atoms with Crippen LogP contribution in [-0.2, 0) is 14.8 Å². The number of rotatable bonds is 4. The SMILES string of the molecule is Cc1ccc(N2CC(NS(=O)(=O)c3c(C)cc(C)cc3C)CC2=O)cc1. The van der Waals surface area contributed by atoms with E-state index in [0.29, 0.717) is 11.4 Å². The molecule has 1 fully saturated rings. The van der Waals surface area contributed by atoms with Crippen LogP contribution in [0.5, 0.6) is 0 Å². The average molecular weight is 372 g/mol. The van der Waals surface area contributed by atoms with Gasteiger partial charge in [0.05, 0.1) is 4.90 Å². The van der Waals surface area contributed by atoms with Crippen LogP contribution in [0, 0.1) is 27.7 Å². The first-order chi connectivity index (χ1) is 12.2. The summed E-state index contributed by atoms with van der Waals surface area (Å²) in [5, 5.41) is 0. The molecule has 5 nitrogen and oxygen atoms in total. The number of hydrogen-bond donors (Lipinski definition) is 1. The summed E-state index contributed by atoms with van der Waals surface area (Å²) in [6.07, 6.45) is 0.164. The standard InChI is InChI=1S/C20H24N2O3S/c1-13-5-7-18(8-6-13)22-12-17(11-19(22)23)21-26(24,25)20-15(3)9-14(2)10-16(20)4/h5-10,17,21H,11-12H2,1-4H3. The van der Waals surface area contributed by atoms with Gasteiger partial charge in [-0.3, -0.25) is 4.79 Å². The van der Waals surface area contributed by atoms with Crippen molar-refractivity contribution in [2.24, 2.45) is 0 Å². The van der Waals surface area contributed by atoms with Gasteiger partial charge in [-0.25, -0.2) is 13.1 Å². The molecule has 26 heavy (non-hydrogen) atoms. The lowest BCUT2D eigenvalue weighted by Crippen LogP contribution is -2.37. The van der Waals surface area contributed by atoms with E-state index in [-0.39, 0.29) is 12.3 Å². The van der Waals surface area contributed by atoms with Crippen LogP contribution < -0.4 is 9.62 Å². The Kier molecular flexibility index (Phi) is 4.90. The Bertz CT molecular complexity index is 927. The molecular formula is C20H24N2O3S. The summed E-state index contributed by atoms with van der Waals surface area (Å²) in [4.78, 5) is 14.3. The summed E-state index contributed by atoms with van der Waals surface area (Å²) in [6, 6.07) is 10.9. The Morgan fingerprint density at radius 3 is 2.12 bits per heavy atom. The number of nitrogens with zero attached hydrogens (tertiary/aromatic N) is 1. The van der Waals surface area contributed by atoms with Crippen LogP contribution in [0.2, 0.25) is 0 Å². The van der Waals surface area contributed by atoms with Crippen LogP contribution in [0.1, 0.15) is 28.7 Å². The van der Waals surface area contributed by atoms with E-state index < -0.39 is 16.1 Å². The van der Waals surface area contributed by atoms with E-state index in [9.17, 15) is 13.2 Å². The number of benzene rings is 2. The first kappa shape index (κ1) is 18.6. The van der Waals surface area contributed by atoms with E-state index in [0.717, 1.165) is 27.9 Å². The van der Waals surface area contributed by atoms with Crippen molar-refractivity contribution in [1.29, 1.82) is 0 Å². The third-order valence-corrected chi connectivity index (χ3v) is 6.49. The van der Waals surface area contributed by atoms with Crippen molar-refractivity contribution in [3.05, 3.63) is 58.7 Å². The van der Waals surface area contributed by atoms with Gasteiger partial charge in [0.1, 0.15) is 0 Å². The molecule has 1 aliphatic rings. The van der Waals surface area contributed by atoms with Gasteiger partial charge in [0.15, 0.2) is 0 Å². The summed E-state index contributed by atoms with van der Waals surface area (Å²) in [7, 11) is -3.69. The zero-order chi connectivity index (χ0) is 19.1. The van der Waals surface area contributed by atoms with Gasteiger partial charge in [-0.15, -0.1) is 0 Å². The first-order valence-electron chi connectivity index (χ1n) is 8.64. The van der Waals surface area contributed by atoms with Gasteiger partial charge in [0.25, 0.3) is 0 Å². The lowest BCUT2D eigenvalue weighted by Gasteiger charge is -2.18. The molecule has 1 N–H and O–H groups in total. The third-order valence-electron chi connectivity index (χ3n) is 4.67. The van der Waals surface area contributed by atoms with Crippen LogP contribution in [0.4, 0.5) is 5.69 Å². The number of anilines is 1. The molecule has 3 rings (SSSR count). The van der Waals surface area contributed by atoms with E-state index in [4.69, 9.17) is 0 Å². The Morgan fingerprint density at radius 2 is 1.54 bits per heavy atom. The van der Waals surface area contributed by atoms with Gasteiger partial charge in [0, 0.05) is 24.7 Å². The molecular weight excluding hydrogens is 348 g/mol. The second-order valence-electron chi connectivity index (χ2n) is 7.09. The van der Waals surface area contributed by atoms with Crippen molar-refractivity contribution in [3.8, 4) is 0 Å². The number of nitrogens with one attached hydrogen (secondary N) is 1. The largest absolute Gasteiger partial charge is 0.311 e. The monoisotopic (exact) mass is 372 g/mol. The van der Waals surface area contributed by atoms with Crippen LogP contribution in [-0.4, -0.2) is 26.9 Å². The minimum Gasteiger partial charge on any atom is -0.311 e. The molecule has 0 radical (unpaired) electrons. The second-order valence-corrected chi connectivity index (χ2v) is 8.74. The molecule has 1 heterocycles. The molecule has 1 amide bonds. The number of amides is 1. The quantitative estimate of drug-likeness (QED) is 0.897. The van der Waals surface area contributed by atoms with Crippen molar-refractivity contribution < 1.29 is 13.2 Å². The summed E-state index contributed by atoms with van der Waals surface area (Å²) < 4.78 is 28.5. The van der Waals surface area contributed by atoms with E-state index in [1.165, 1.54) is 0 Å². The van der Waals surface area contributed by atoms with E-state index >= 15 is 0 Å². The van der Waals surface area contributed by atoms with E-state index in [1.807, 2.05) is 50.2 Å². The van der Waals surface area contributed by atoms with Crippen molar-refractivity contribution in [2.75, 3.05) is 11.4 Å². The molecule has 0 saturated carbocycles.